The van der Waals surface area contributed by atoms with Crippen LogP contribution in [-0.2, 0) is 39.6 Å². The maximum absolute atomic E-state index is 10.1. The third-order valence-corrected chi connectivity index (χ3v) is 11.9. The average Bonchev–Trinajstić information content (AvgIpc) is 4.16. The van der Waals surface area contributed by atoms with Gasteiger partial charge >= 0.3 is 0 Å². The first kappa shape index (κ1) is 47.1. The quantitative estimate of drug-likeness (QED) is 0.0347. The maximum Gasteiger partial charge on any atom is 0.172 e. The molecule has 0 radical (unpaired) electrons. The Labute approximate surface area is 388 Å². The topological polar surface area (TPSA) is 180 Å². The van der Waals surface area contributed by atoms with E-state index in [0.29, 0.717) is 44.2 Å². The summed E-state index contributed by atoms with van der Waals surface area (Å²) >= 11 is 13.5. The van der Waals surface area contributed by atoms with Crippen molar-refractivity contribution in [2.75, 3.05) is 13.7 Å². The summed E-state index contributed by atoms with van der Waals surface area (Å²) in [6.45, 7) is 5.77. The van der Waals surface area contributed by atoms with Crippen LogP contribution in [0.2, 0.25) is 10.0 Å². The minimum absolute atomic E-state index is 0.0415. The third-order valence-electron chi connectivity index (χ3n) is 11.3. The van der Waals surface area contributed by atoms with Crippen LogP contribution >= 0.6 is 23.2 Å². The number of rotatable bonds is 21. The predicted molar refractivity (Wildman–Crippen MR) is 251 cm³/mol. The highest BCUT2D eigenvalue weighted by atomic mass is 35.5. The van der Waals surface area contributed by atoms with E-state index in [1.807, 2.05) is 42.6 Å². The second-order valence-corrected chi connectivity index (χ2v) is 16.8. The highest BCUT2D eigenvalue weighted by molar-refractivity contribution is 6.32. The zero-order chi connectivity index (χ0) is 46.1. The van der Waals surface area contributed by atoms with Crippen LogP contribution in [0, 0.1) is 13.8 Å². The van der Waals surface area contributed by atoms with Gasteiger partial charge in [0.05, 0.1) is 28.8 Å². The van der Waals surface area contributed by atoms with E-state index in [1.165, 1.54) is 6.92 Å². The standard InChI is InChI=1S/C50H51Cl2N5O8/c1-30-35(27-64-47-15-45(62-26-34-12-37(21-55-20-34)44-23-56-44)38(13-42(47)51)22-57-50(3,29-59)49(60)61)7-5-9-40(30)41-10-6-8-36(31(41)2)28-65-48-16-46(39(24-58)14-43(48)52)63-25-33-11-32(17-53-4)18-54-19-33/h5-21,23,44,49,57-61H,22,24-29H2,1-4H3/b53-17+. The lowest BCUT2D eigenvalue weighted by molar-refractivity contribution is -0.117. The highest BCUT2D eigenvalue weighted by Crippen LogP contribution is 2.38. The van der Waals surface area contributed by atoms with Crippen LogP contribution < -0.4 is 24.3 Å². The maximum atomic E-state index is 10.1. The zero-order valence-corrected chi connectivity index (χ0v) is 38.0. The summed E-state index contributed by atoms with van der Waals surface area (Å²) < 4.78 is 25.2. The number of aromatic nitrogens is 2. The van der Waals surface area contributed by atoms with Gasteiger partial charge in [-0.15, -0.1) is 0 Å². The Bertz CT molecular complexity index is 2690. The summed E-state index contributed by atoms with van der Waals surface area (Å²) in [5.41, 5.74) is 9.27. The summed E-state index contributed by atoms with van der Waals surface area (Å²) in [5.74, 6) is 1.71. The molecular formula is C50H51Cl2N5O8. The smallest absolute Gasteiger partial charge is 0.172 e. The Morgan fingerprint density at radius 2 is 1.25 bits per heavy atom. The van der Waals surface area contributed by atoms with Crippen molar-refractivity contribution in [3.05, 3.63) is 163 Å². The Morgan fingerprint density at radius 3 is 1.78 bits per heavy atom. The minimum Gasteiger partial charge on any atom is -0.488 e. The largest absolute Gasteiger partial charge is 0.488 e. The second kappa shape index (κ2) is 21.4. The molecule has 0 fully saturated rings. The zero-order valence-electron chi connectivity index (χ0n) is 36.5. The van der Waals surface area contributed by atoms with Gasteiger partial charge < -0.3 is 44.7 Å². The average molecular weight is 921 g/mol. The molecule has 3 heterocycles. The molecule has 0 saturated heterocycles. The molecule has 7 rings (SSSR count). The molecule has 5 N–H and O–H groups in total. The third kappa shape index (κ3) is 11.7. The van der Waals surface area contributed by atoms with Gasteiger partial charge in [0.25, 0.3) is 0 Å². The number of nitrogens with zero attached hydrogens (tertiary/aromatic N) is 4. The number of nitrogens with one attached hydrogen (secondary N) is 1. The normalized spacial score (nSPS) is 14.2. The van der Waals surface area contributed by atoms with E-state index in [4.69, 9.17) is 42.1 Å². The van der Waals surface area contributed by atoms with Crippen molar-refractivity contribution < 1.29 is 39.4 Å². The Morgan fingerprint density at radius 1 is 0.708 bits per heavy atom. The summed E-state index contributed by atoms with van der Waals surface area (Å²) in [4.78, 5) is 16.9. The molecule has 338 valence electrons. The SMILES string of the molecule is C/N=C/c1cncc(COc2cc(OCc3cccc(-c4cccc(COc5cc(OCc6cncc(C7C=N7)c6)c(CNC(C)(CO)C(O)O)cc5Cl)c4C)c3C)c(Cl)cc2CO)c1. The van der Waals surface area contributed by atoms with Crippen molar-refractivity contribution in [3.8, 4) is 34.1 Å². The van der Waals surface area contributed by atoms with E-state index in [-0.39, 0.29) is 45.6 Å². The van der Waals surface area contributed by atoms with Gasteiger partial charge in [0.15, 0.2) is 6.29 Å². The molecule has 0 aliphatic carbocycles. The number of hydrogen-bond donors (Lipinski definition) is 5. The molecule has 0 bridgehead atoms. The van der Waals surface area contributed by atoms with Crippen LogP contribution in [0.5, 0.6) is 23.0 Å². The number of hydrogen-bond acceptors (Lipinski definition) is 13. The predicted octanol–water partition coefficient (Wildman–Crippen LogP) is 8.20. The van der Waals surface area contributed by atoms with Crippen molar-refractivity contribution >= 4 is 35.6 Å². The summed E-state index contributed by atoms with van der Waals surface area (Å²) in [7, 11) is 1.70. The fourth-order valence-corrected chi connectivity index (χ4v) is 7.58. The fourth-order valence-electron chi connectivity index (χ4n) is 7.10. The lowest BCUT2D eigenvalue weighted by Crippen LogP contribution is -2.54. The van der Waals surface area contributed by atoms with E-state index in [0.717, 1.165) is 55.6 Å². The number of pyridine rings is 2. The summed E-state index contributed by atoms with van der Waals surface area (Å²) in [6, 6.07) is 22.9. The molecule has 65 heavy (non-hydrogen) atoms. The number of benzene rings is 4. The molecule has 2 aromatic heterocycles. The van der Waals surface area contributed by atoms with Crippen molar-refractivity contribution in [3.63, 3.8) is 0 Å². The molecule has 2 atom stereocenters. The molecule has 4 aromatic carbocycles. The number of halogens is 2. The monoisotopic (exact) mass is 919 g/mol. The minimum atomic E-state index is -1.82. The Balaban J connectivity index is 1.07. The van der Waals surface area contributed by atoms with Crippen LogP contribution in [-0.4, -0.2) is 68.3 Å². The van der Waals surface area contributed by atoms with Gasteiger partial charge in [0.2, 0.25) is 0 Å². The van der Waals surface area contributed by atoms with Gasteiger partial charge in [0.1, 0.15) is 55.5 Å². The van der Waals surface area contributed by atoms with Crippen molar-refractivity contribution in [1.29, 1.82) is 0 Å². The molecule has 0 amide bonds. The van der Waals surface area contributed by atoms with Crippen molar-refractivity contribution in [1.82, 2.24) is 15.3 Å². The second-order valence-electron chi connectivity index (χ2n) is 16.0. The molecule has 0 saturated carbocycles. The van der Waals surface area contributed by atoms with Gasteiger partial charge in [-0.3, -0.25) is 20.0 Å². The van der Waals surface area contributed by atoms with Gasteiger partial charge in [-0.2, -0.15) is 0 Å². The van der Waals surface area contributed by atoms with Crippen LogP contribution in [0.25, 0.3) is 11.1 Å². The van der Waals surface area contributed by atoms with Crippen LogP contribution in [0.4, 0.5) is 0 Å². The van der Waals surface area contributed by atoms with E-state index in [2.05, 4.69) is 51.2 Å². The van der Waals surface area contributed by atoms with E-state index < -0.39 is 18.4 Å². The number of aliphatic imine (C=N–C) groups is 2. The first-order chi connectivity index (χ1) is 31.4. The number of aliphatic hydroxyl groups excluding tert-OH is 3. The molecule has 1 aliphatic heterocycles. The molecular weight excluding hydrogens is 869 g/mol. The molecule has 0 spiro atoms. The molecule has 2 unspecified atom stereocenters. The van der Waals surface area contributed by atoms with E-state index >= 15 is 0 Å². The van der Waals surface area contributed by atoms with Gasteiger partial charge in [0, 0.05) is 96.3 Å². The molecule has 15 heteroatoms. The van der Waals surface area contributed by atoms with Crippen molar-refractivity contribution in [2.24, 2.45) is 9.98 Å². The van der Waals surface area contributed by atoms with E-state index in [9.17, 15) is 20.4 Å². The lowest BCUT2D eigenvalue weighted by Gasteiger charge is -2.31. The van der Waals surface area contributed by atoms with Crippen LogP contribution in [0.3, 0.4) is 0 Å². The summed E-state index contributed by atoms with van der Waals surface area (Å²) in [6.07, 6.45) is 8.69. The molecule has 6 aromatic rings. The molecule has 1 aliphatic rings. The number of aliphatic hydroxyl groups is 4. The first-order valence-electron chi connectivity index (χ1n) is 20.9. The number of ether oxygens (including phenoxy) is 4. The summed E-state index contributed by atoms with van der Waals surface area (Å²) in [5, 5.41) is 43.6. The molecule has 13 nitrogen and oxygen atoms in total. The van der Waals surface area contributed by atoms with Gasteiger partial charge in [-0.1, -0.05) is 59.6 Å². The van der Waals surface area contributed by atoms with Gasteiger partial charge in [-0.25, -0.2) is 0 Å². The lowest BCUT2D eigenvalue weighted by atomic mass is 9.92. The van der Waals surface area contributed by atoms with Crippen molar-refractivity contribution in [2.45, 2.75) is 78.2 Å². The fraction of sp³-hybridized carbons (Fsp3) is 0.280. The van der Waals surface area contributed by atoms with Gasteiger partial charge in [-0.05, 0) is 78.4 Å². The highest BCUT2D eigenvalue weighted by Gasteiger charge is 2.31. The Kier molecular flexibility index (Phi) is 15.5. The Hall–Kier alpha value is -5.90. The first-order valence-corrected chi connectivity index (χ1v) is 21.6. The van der Waals surface area contributed by atoms with E-state index in [1.54, 1.807) is 62.3 Å². The van der Waals surface area contributed by atoms with Crippen LogP contribution in [0.1, 0.15) is 68.6 Å². The van der Waals surface area contributed by atoms with Crippen LogP contribution in [0.15, 0.2) is 108 Å².